The van der Waals surface area contributed by atoms with Crippen LogP contribution in [0.1, 0.15) is 19.3 Å². The molecule has 0 saturated carbocycles. The second kappa shape index (κ2) is 7.85. The Hall–Kier alpha value is -0.433. The van der Waals surface area contributed by atoms with Crippen molar-refractivity contribution < 1.29 is 30.0 Å². The van der Waals surface area contributed by atoms with Crippen LogP contribution in [0.2, 0.25) is 24.2 Å². The number of unbranched alkanes of at least 4 members (excludes halogenated alkanes) is 1. The molecule has 4 N–H and O–H groups in total. The first-order valence-corrected chi connectivity index (χ1v) is 13.6. The molecule has 0 amide bonds. The Kier molecular flexibility index (Phi) is 7.07. The minimum Gasteiger partial charge on any atom is -0.315 e. The highest BCUT2D eigenvalue weighted by molar-refractivity contribution is 7.92. The van der Waals surface area contributed by atoms with Gasteiger partial charge in [0.15, 0.2) is 0 Å². The summed E-state index contributed by atoms with van der Waals surface area (Å²) in [6, 6.07) is 2.59. The normalized spacial score (nSPS) is 19.5. The average Bonchev–Trinajstić information content (AvgIpc) is 2.88. The second-order valence-corrected chi connectivity index (χ2v) is 15.0. The molecular formula is C12H23F3N2O4S2Si. The molecule has 0 spiro atoms. The quantitative estimate of drug-likeness (QED) is 0.342. The number of nitrogens with two attached hydrogens (primary N) is 2. The highest BCUT2D eigenvalue weighted by atomic mass is 32.2. The maximum atomic E-state index is 12.5. The Morgan fingerprint density at radius 1 is 1.04 bits per heavy atom. The maximum Gasteiger partial charge on any atom is 0.498 e. The Balaban J connectivity index is 2.60. The van der Waals surface area contributed by atoms with Crippen molar-refractivity contribution in [1.29, 1.82) is 0 Å². The first kappa shape index (κ1) is 21.6. The monoisotopic (exact) mass is 408 g/mol. The van der Waals surface area contributed by atoms with Crippen LogP contribution in [0.5, 0.6) is 0 Å². The van der Waals surface area contributed by atoms with Gasteiger partial charge in [-0.05, 0) is 24.9 Å². The van der Waals surface area contributed by atoms with Crippen LogP contribution in [0.3, 0.4) is 0 Å². The van der Waals surface area contributed by atoms with Gasteiger partial charge in [-0.2, -0.15) is 13.2 Å². The molecule has 142 valence electrons. The lowest BCUT2D eigenvalue weighted by atomic mass is 10.4. The smallest absolute Gasteiger partial charge is 0.315 e. The third-order valence-electron chi connectivity index (χ3n) is 4.33. The van der Waals surface area contributed by atoms with Crippen molar-refractivity contribution in [2.45, 2.75) is 54.3 Å². The van der Waals surface area contributed by atoms with E-state index in [1.165, 1.54) is 0 Å². The Morgan fingerprint density at radius 3 is 2.04 bits per heavy atom. The summed E-state index contributed by atoms with van der Waals surface area (Å²) in [5, 5.41) is 2.98. The molecule has 0 aliphatic carbocycles. The lowest BCUT2D eigenvalue weighted by Gasteiger charge is -2.28. The van der Waals surface area contributed by atoms with Gasteiger partial charge >= 0.3 is 5.51 Å². The zero-order valence-electron chi connectivity index (χ0n) is 13.1. The maximum absolute atomic E-state index is 12.5. The zero-order valence-corrected chi connectivity index (χ0v) is 15.8. The Morgan fingerprint density at radius 2 is 1.58 bits per heavy atom. The van der Waals surface area contributed by atoms with Crippen LogP contribution < -0.4 is 10.9 Å². The summed E-state index contributed by atoms with van der Waals surface area (Å²) in [7, 11) is -10.9. The predicted molar refractivity (Wildman–Crippen MR) is 88.9 cm³/mol. The Labute approximate surface area is 141 Å². The molecule has 1 heterocycles. The fourth-order valence-corrected chi connectivity index (χ4v) is 8.94. The van der Waals surface area contributed by atoms with E-state index in [2.05, 4.69) is 0 Å². The van der Waals surface area contributed by atoms with Crippen LogP contribution in [-0.2, 0) is 19.9 Å². The first-order chi connectivity index (χ1) is 10.8. The van der Waals surface area contributed by atoms with Crippen molar-refractivity contribution in [3.05, 3.63) is 12.2 Å². The van der Waals surface area contributed by atoms with Crippen molar-refractivity contribution in [2.24, 2.45) is 10.9 Å². The van der Waals surface area contributed by atoms with E-state index in [0.29, 0.717) is 24.9 Å². The summed E-state index contributed by atoms with van der Waals surface area (Å²) in [4.78, 5) is 0. The van der Waals surface area contributed by atoms with Gasteiger partial charge in [-0.15, -0.1) is 0 Å². The molecule has 0 saturated heterocycles. The Bertz CT molecular complexity index is 654. The van der Waals surface area contributed by atoms with Crippen molar-refractivity contribution in [1.82, 2.24) is 0 Å². The number of alkyl halides is 3. The number of allylic oxidation sites excluding steroid dienone is 2. The number of hydrogen-bond donors (Lipinski definition) is 2. The third-order valence-corrected chi connectivity index (χ3v) is 11.8. The van der Waals surface area contributed by atoms with Gasteiger partial charge in [0.2, 0.25) is 10.0 Å². The van der Waals surface area contributed by atoms with Crippen LogP contribution in [0.25, 0.3) is 0 Å². The summed E-state index contributed by atoms with van der Waals surface area (Å²) >= 11 is 0. The minimum atomic E-state index is -5.36. The fourth-order valence-electron chi connectivity index (χ4n) is 2.86. The van der Waals surface area contributed by atoms with E-state index in [9.17, 15) is 30.0 Å². The van der Waals surface area contributed by atoms with Gasteiger partial charge in [-0.3, -0.25) is 0 Å². The molecule has 1 rings (SSSR count). The fraction of sp³-hybridized carbons (Fsp3) is 0.833. The molecule has 1 aliphatic heterocycles. The molecule has 12 heteroatoms. The van der Waals surface area contributed by atoms with E-state index < -0.39 is 38.8 Å². The largest absolute Gasteiger partial charge is 0.498 e. The van der Waals surface area contributed by atoms with Crippen LogP contribution >= 0.6 is 0 Å². The van der Waals surface area contributed by atoms with Gasteiger partial charge in [-0.1, -0.05) is 30.7 Å². The average molecular weight is 409 g/mol. The third kappa shape index (κ3) is 6.13. The molecule has 0 radical (unpaired) electrons. The molecule has 0 fully saturated rings. The van der Waals surface area contributed by atoms with Gasteiger partial charge in [0.1, 0.15) is 5.37 Å². The molecule has 24 heavy (non-hydrogen) atoms. The van der Waals surface area contributed by atoms with Crippen LogP contribution in [-0.4, -0.2) is 41.5 Å². The predicted octanol–water partition coefficient (Wildman–Crippen LogP) is 1.68. The lowest BCUT2D eigenvalue weighted by molar-refractivity contribution is -0.0444. The standard InChI is InChI=1S/C12H23F3N2O4S2Si/c13-12(14,15)23(20,21)11(16)5-10-24(8-3-4-9-24)7-2-1-6-22(17,18)19/h3-4,11H,1-2,5-10,16H2,(H2,17,18,19). The lowest BCUT2D eigenvalue weighted by Crippen LogP contribution is -2.42. The molecule has 0 aromatic rings. The highest BCUT2D eigenvalue weighted by Gasteiger charge is 2.49. The van der Waals surface area contributed by atoms with Crippen LogP contribution in [0.15, 0.2) is 12.2 Å². The topological polar surface area (TPSA) is 120 Å². The van der Waals surface area contributed by atoms with Crippen molar-refractivity contribution in [3.8, 4) is 0 Å². The number of sulfonamides is 1. The number of hydrogen-bond acceptors (Lipinski definition) is 5. The summed E-state index contributed by atoms with van der Waals surface area (Å²) < 4.78 is 81.9. The number of rotatable bonds is 9. The minimum absolute atomic E-state index is 0.132. The van der Waals surface area contributed by atoms with Gasteiger partial charge in [0.05, 0.1) is 13.8 Å². The van der Waals surface area contributed by atoms with Gasteiger partial charge < -0.3 is 5.73 Å². The van der Waals surface area contributed by atoms with E-state index >= 15 is 0 Å². The molecule has 0 bridgehead atoms. The zero-order chi connectivity index (χ0) is 18.6. The molecule has 1 unspecified atom stereocenters. The molecular weight excluding hydrogens is 385 g/mol. The van der Waals surface area contributed by atoms with Crippen LogP contribution in [0, 0.1) is 0 Å². The molecule has 6 nitrogen and oxygen atoms in total. The van der Waals surface area contributed by atoms with Gasteiger partial charge in [-0.25, -0.2) is 22.0 Å². The highest BCUT2D eigenvalue weighted by Crippen LogP contribution is 2.36. The van der Waals surface area contributed by atoms with Crippen molar-refractivity contribution in [2.75, 3.05) is 5.75 Å². The van der Waals surface area contributed by atoms with E-state index in [1.807, 2.05) is 12.2 Å². The molecule has 1 aliphatic rings. The van der Waals surface area contributed by atoms with Crippen LogP contribution in [0.4, 0.5) is 13.2 Å². The van der Waals surface area contributed by atoms with Gasteiger partial charge in [0, 0.05) is 0 Å². The van der Waals surface area contributed by atoms with Crippen molar-refractivity contribution >= 4 is 27.9 Å². The summed E-state index contributed by atoms with van der Waals surface area (Å²) in [5.74, 6) is -0.132. The van der Waals surface area contributed by atoms with E-state index in [4.69, 9.17) is 10.9 Å². The SMILES string of the molecule is NC(CC[Si]1(CCCCS(N)(=O)=O)CC=CC1)S(=O)(=O)C(F)(F)F. The summed E-state index contributed by atoms with van der Waals surface area (Å²) in [5.41, 5.74) is -0.0582. The number of primary sulfonamides is 1. The first-order valence-electron chi connectivity index (χ1n) is 7.50. The second-order valence-electron chi connectivity index (χ2n) is 6.27. The molecule has 0 aromatic carbocycles. The number of sulfone groups is 1. The molecule has 1 atom stereocenters. The molecule has 0 aromatic heterocycles. The van der Waals surface area contributed by atoms with E-state index in [-0.39, 0.29) is 12.2 Å². The summed E-state index contributed by atoms with van der Waals surface area (Å²) in [6.45, 7) is 0. The van der Waals surface area contributed by atoms with E-state index in [0.717, 1.165) is 12.1 Å². The number of halogens is 3. The summed E-state index contributed by atoms with van der Waals surface area (Å²) in [6.07, 6.45) is 4.67. The van der Waals surface area contributed by atoms with E-state index in [1.54, 1.807) is 0 Å². The van der Waals surface area contributed by atoms with Crippen molar-refractivity contribution in [3.63, 3.8) is 0 Å². The van der Waals surface area contributed by atoms with Gasteiger partial charge in [0.25, 0.3) is 9.84 Å².